The van der Waals surface area contributed by atoms with E-state index < -0.39 is 0 Å². The third kappa shape index (κ3) is 13.9. The number of ether oxygens (including phenoxy) is 1. The molecule has 1 saturated heterocycles. The highest BCUT2D eigenvalue weighted by molar-refractivity contribution is 5.67. The number of nitrogens with zero attached hydrogens (tertiary/aromatic N) is 4. The number of amides is 1. The summed E-state index contributed by atoms with van der Waals surface area (Å²) < 4.78 is 7.05. The third-order valence-electron chi connectivity index (χ3n) is 7.17. The summed E-state index contributed by atoms with van der Waals surface area (Å²) in [6.45, 7) is 12.1. The molecule has 37 heavy (non-hydrogen) atoms. The van der Waals surface area contributed by atoms with Gasteiger partial charge in [-0.15, -0.1) is 10.6 Å². The van der Waals surface area contributed by atoms with Crippen molar-refractivity contribution in [3.8, 4) is 0 Å². The van der Waals surface area contributed by atoms with Crippen LogP contribution in [0.1, 0.15) is 90.4 Å². The first-order valence-electron chi connectivity index (χ1n) is 13.9. The largest absolute Gasteiger partial charge is 0.449 e. The number of hydrogen-bond acceptors (Lipinski definition) is 8. The molecule has 1 aliphatic heterocycles. The van der Waals surface area contributed by atoms with E-state index in [-0.39, 0.29) is 24.3 Å². The number of unbranched alkanes of at least 4 members (excludes halogenated alkanes) is 9. The molecule has 0 aromatic heterocycles. The molecule has 12 nitrogen and oxygen atoms in total. The van der Waals surface area contributed by atoms with E-state index in [1.54, 1.807) is 9.91 Å². The molecule has 2 fully saturated rings. The Bertz CT molecular complexity index is 647. The number of carbonyl (C=O) groups excluding carboxylic acids is 1. The standard InChI is InChI=1S/C17H35N3O3.C8H17N3O3/c1-2-3-4-5-6-7-8-9-10-11-16-23-17(21)19-12-14-20(18-22)15-13-19;1-10(12)6-3-4-8(14-9)7(5-6)11(2)13/h18,22H,2-16H2,1H3;6-8,12-13H,1-5,9H2/q;+2/p+1. The number of rotatable bonds is 15. The van der Waals surface area contributed by atoms with Crippen LogP contribution in [0.2, 0.25) is 0 Å². The van der Waals surface area contributed by atoms with Crippen LogP contribution in [0.3, 0.4) is 0 Å². The van der Waals surface area contributed by atoms with Crippen molar-refractivity contribution in [3.63, 3.8) is 0 Å². The van der Waals surface area contributed by atoms with Crippen molar-refractivity contribution in [2.45, 2.75) is 109 Å². The SMILES string of the molecule is C=[N+](O)C1CCC(ON)C([N+](=C)O)C1.CCCCCCCCCCCCOC(=O)N1CCN([NH2+]O)CC1. The molecule has 0 aromatic carbocycles. The smallest absolute Gasteiger partial charge is 0.409 e. The van der Waals surface area contributed by atoms with Crippen molar-refractivity contribution >= 4 is 19.5 Å². The first-order chi connectivity index (χ1) is 17.8. The van der Waals surface area contributed by atoms with E-state index in [9.17, 15) is 10.0 Å². The Labute approximate surface area is 222 Å². The lowest BCUT2D eigenvalue weighted by atomic mass is 9.89. The lowest BCUT2D eigenvalue weighted by molar-refractivity contribution is -0.994. The first kappa shape index (κ1) is 33.0. The Morgan fingerprint density at radius 2 is 1.51 bits per heavy atom. The summed E-state index contributed by atoms with van der Waals surface area (Å²) in [6.07, 6.45) is 14.3. The Hall–Kier alpha value is -1.99. The van der Waals surface area contributed by atoms with Crippen molar-refractivity contribution in [2.75, 3.05) is 32.8 Å². The predicted molar refractivity (Wildman–Crippen MR) is 139 cm³/mol. The van der Waals surface area contributed by atoms with Crippen LogP contribution in [-0.4, -0.2) is 106 Å². The van der Waals surface area contributed by atoms with E-state index in [2.05, 4.69) is 20.4 Å². The lowest BCUT2D eigenvalue weighted by Crippen LogP contribution is -2.92. The molecular formula is C25H53N6O6+3. The Morgan fingerprint density at radius 3 is 2.00 bits per heavy atom. The van der Waals surface area contributed by atoms with Gasteiger partial charge in [0.15, 0.2) is 13.4 Å². The van der Waals surface area contributed by atoms with Gasteiger partial charge in [0.1, 0.15) is 6.10 Å². The lowest BCUT2D eigenvalue weighted by Gasteiger charge is -2.30. The molecule has 2 aliphatic rings. The zero-order valence-corrected chi connectivity index (χ0v) is 22.9. The maximum Gasteiger partial charge on any atom is 0.409 e. The summed E-state index contributed by atoms with van der Waals surface area (Å²) in [4.78, 5) is 18.3. The maximum atomic E-state index is 11.9. The van der Waals surface area contributed by atoms with Gasteiger partial charge in [-0.3, -0.25) is 15.3 Å². The van der Waals surface area contributed by atoms with E-state index in [4.69, 9.17) is 25.9 Å². The second kappa shape index (κ2) is 20.0. The summed E-state index contributed by atoms with van der Waals surface area (Å²) >= 11 is 0. The van der Waals surface area contributed by atoms with Crippen LogP contribution in [-0.2, 0) is 9.57 Å². The molecule has 2 rings (SSSR count). The summed E-state index contributed by atoms with van der Waals surface area (Å²) in [6, 6.07) is -0.405. The normalized spacial score (nSPS) is 22.1. The van der Waals surface area contributed by atoms with Crippen molar-refractivity contribution < 1.29 is 45.1 Å². The summed E-state index contributed by atoms with van der Waals surface area (Å²) in [5, 5.41) is 29.1. The van der Waals surface area contributed by atoms with Crippen LogP contribution >= 0.6 is 0 Å². The molecule has 0 radical (unpaired) electrons. The van der Waals surface area contributed by atoms with Crippen molar-refractivity contribution in [3.05, 3.63) is 0 Å². The molecule has 0 bridgehead atoms. The number of piperazine rings is 1. The third-order valence-corrected chi connectivity index (χ3v) is 7.17. The van der Waals surface area contributed by atoms with Crippen LogP contribution in [0.5, 0.6) is 0 Å². The highest BCUT2D eigenvalue weighted by Gasteiger charge is 2.43. The van der Waals surface area contributed by atoms with E-state index in [1.807, 2.05) is 0 Å². The zero-order valence-electron chi connectivity index (χ0n) is 22.9. The fourth-order valence-corrected chi connectivity index (χ4v) is 4.70. The molecule has 1 saturated carbocycles. The fourth-order valence-electron chi connectivity index (χ4n) is 4.70. The highest BCUT2D eigenvalue weighted by Crippen LogP contribution is 2.23. The van der Waals surface area contributed by atoms with Crippen molar-refractivity contribution in [1.82, 2.24) is 9.91 Å². The summed E-state index contributed by atoms with van der Waals surface area (Å²) in [5.74, 6) is 5.10. The van der Waals surface area contributed by atoms with Gasteiger partial charge in [0, 0.05) is 19.5 Å². The van der Waals surface area contributed by atoms with E-state index in [0.29, 0.717) is 45.6 Å². The van der Waals surface area contributed by atoms with E-state index in [0.717, 1.165) is 34.3 Å². The Kier molecular flexibility index (Phi) is 17.9. The maximum absolute atomic E-state index is 11.9. The van der Waals surface area contributed by atoms with Gasteiger partial charge in [-0.05, 0) is 22.3 Å². The molecule has 216 valence electrons. The van der Waals surface area contributed by atoms with Crippen LogP contribution < -0.4 is 11.5 Å². The van der Waals surface area contributed by atoms with Gasteiger partial charge < -0.3 is 9.64 Å². The molecule has 3 unspecified atom stereocenters. The number of hydroxylamine groups is 2. The van der Waals surface area contributed by atoms with Crippen molar-refractivity contribution in [2.24, 2.45) is 5.90 Å². The minimum atomic E-state index is -0.310. The first-order valence-corrected chi connectivity index (χ1v) is 13.9. The van der Waals surface area contributed by atoms with E-state index >= 15 is 0 Å². The molecule has 0 spiro atoms. The molecular weight excluding hydrogens is 480 g/mol. The second-order valence-corrected chi connectivity index (χ2v) is 10.0. The molecule has 7 N–H and O–H groups in total. The van der Waals surface area contributed by atoms with Crippen LogP contribution in [0, 0.1) is 0 Å². The molecule has 1 aliphatic carbocycles. The predicted octanol–water partition coefficient (Wildman–Crippen LogP) is 1.90. The van der Waals surface area contributed by atoms with Gasteiger partial charge in [-0.1, -0.05) is 64.7 Å². The average Bonchev–Trinajstić information content (AvgIpc) is 2.91. The van der Waals surface area contributed by atoms with Gasteiger partial charge in [-0.2, -0.15) is 5.21 Å². The van der Waals surface area contributed by atoms with Crippen LogP contribution in [0.4, 0.5) is 4.79 Å². The Balaban J connectivity index is 0.000000417. The van der Waals surface area contributed by atoms with Crippen LogP contribution in [0.25, 0.3) is 0 Å². The van der Waals surface area contributed by atoms with E-state index in [1.165, 1.54) is 51.4 Å². The minimum absolute atomic E-state index is 0.0946. The fraction of sp³-hybridized carbons (Fsp3) is 0.880. The molecule has 0 aromatic rings. The Morgan fingerprint density at radius 1 is 0.946 bits per heavy atom. The summed E-state index contributed by atoms with van der Waals surface area (Å²) in [5.41, 5.74) is 1.09. The second-order valence-electron chi connectivity index (χ2n) is 10.0. The zero-order chi connectivity index (χ0) is 27.5. The topological polar surface area (TPSA) is 151 Å². The molecule has 1 heterocycles. The highest BCUT2D eigenvalue weighted by atomic mass is 16.6. The van der Waals surface area contributed by atoms with Crippen LogP contribution in [0.15, 0.2) is 0 Å². The van der Waals surface area contributed by atoms with Gasteiger partial charge in [0.2, 0.25) is 12.1 Å². The number of quaternary nitrogens is 1. The van der Waals surface area contributed by atoms with Gasteiger partial charge in [0.25, 0.3) is 0 Å². The van der Waals surface area contributed by atoms with Gasteiger partial charge in [-0.25, -0.2) is 10.7 Å². The van der Waals surface area contributed by atoms with Gasteiger partial charge in [0.05, 0.1) is 26.1 Å². The molecule has 3 atom stereocenters. The molecule has 12 heteroatoms. The number of carbonyl (C=O) groups is 1. The van der Waals surface area contributed by atoms with Gasteiger partial charge >= 0.3 is 6.09 Å². The average molecular weight is 534 g/mol. The summed E-state index contributed by atoms with van der Waals surface area (Å²) in [7, 11) is 0. The number of hydrogen-bond donors (Lipinski definition) is 5. The van der Waals surface area contributed by atoms with Crippen molar-refractivity contribution in [1.29, 1.82) is 0 Å². The minimum Gasteiger partial charge on any atom is -0.449 e. The molecule has 1 amide bonds. The quantitative estimate of drug-likeness (QED) is 0.0535. The number of nitrogens with two attached hydrogens (primary N) is 2. The monoisotopic (exact) mass is 533 g/mol.